The summed E-state index contributed by atoms with van der Waals surface area (Å²) < 4.78 is 19.1. The van der Waals surface area contributed by atoms with Gasteiger partial charge in [-0.05, 0) is 53.1 Å². The van der Waals surface area contributed by atoms with Crippen molar-refractivity contribution in [1.29, 1.82) is 0 Å². The summed E-state index contributed by atoms with van der Waals surface area (Å²) in [6, 6.07) is 13.0. The van der Waals surface area contributed by atoms with Gasteiger partial charge in [0.25, 0.3) is 5.91 Å². The molecule has 0 fully saturated rings. The number of carbonyl (C=O) groups is 2. The van der Waals surface area contributed by atoms with E-state index in [1.165, 1.54) is 22.6 Å². The van der Waals surface area contributed by atoms with Gasteiger partial charge in [0, 0.05) is 13.1 Å². The molecule has 0 aromatic heterocycles. The van der Waals surface area contributed by atoms with Crippen molar-refractivity contribution in [2.45, 2.75) is 66.0 Å². The summed E-state index contributed by atoms with van der Waals surface area (Å²) in [6.45, 7) is 12.8. The molecule has 0 radical (unpaired) electrons. The van der Waals surface area contributed by atoms with E-state index in [1.807, 2.05) is 45.0 Å². The van der Waals surface area contributed by atoms with Crippen LogP contribution in [0.1, 0.15) is 59.1 Å². The number of hydrogen-bond donors (Lipinski definition) is 1. The maximum Gasteiger partial charge on any atom is 0.261 e. The van der Waals surface area contributed by atoms with Crippen LogP contribution in [0.5, 0.6) is 5.75 Å². The molecule has 0 saturated carbocycles. The van der Waals surface area contributed by atoms with Gasteiger partial charge >= 0.3 is 0 Å². The first-order valence-electron chi connectivity index (χ1n) is 11.6. The van der Waals surface area contributed by atoms with Crippen LogP contribution in [0.15, 0.2) is 48.5 Å². The zero-order valence-electron chi connectivity index (χ0n) is 20.7. The third-order valence-corrected chi connectivity index (χ3v) is 5.42. The van der Waals surface area contributed by atoms with E-state index < -0.39 is 6.04 Å². The minimum atomic E-state index is -0.645. The van der Waals surface area contributed by atoms with Crippen molar-refractivity contribution < 1.29 is 18.7 Å². The largest absolute Gasteiger partial charge is 0.484 e. The minimum absolute atomic E-state index is 0.0258. The van der Waals surface area contributed by atoms with Crippen molar-refractivity contribution in [2.24, 2.45) is 5.92 Å². The molecular weight excluding hydrogens is 419 g/mol. The first-order chi connectivity index (χ1) is 15.5. The van der Waals surface area contributed by atoms with E-state index in [0.29, 0.717) is 24.6 Å². The van der Waals surface area contributed by atoms with Crippen molar-refractivity contribution in [3.63, 3.8) is 0 Å². The van der Waals surface area contributed by atoms with Gasteiger partial charge in [-0.25, -0.2) is 4.39 Å². The SMILES string of the molecule is CCC(C(=O)NCC(C)C)N(Cc1ccc(F)cc1)C(=O)COc1ccc(C(C)(C)C)cc1. The van der Waals surface area contributed by atoms with Crippen LogP contribution in [0, 0.1) is 11.7 Å². The molecule has 1 atom stereocenters. The van der Waals surface area contributed by atoms with E-state index in [0.717, 1.165) is 5.56 Å². The molecule has 0 aliphatic carbocycles. The van der Waals surface area contributed by atoms with E-state index in [2.05, 4.69) is 26.1 Å². The standard InChI is InChI=1S/C27H37FN2O3/c1-7-24(26(32)29-16-19(2)3)30(17-20-8-12-22(28)13-9-20)25(31)18-33-23-14-10-21(11-15-23)27(4,5)6/h8-15,19,24H,7,16-18H2,1-6H3,(H,29,32). The lowest BCUT2D eigenvalue weighted by Gasteiger charge is -2.31. The predicted octanol–water partition coefficient (Wildman–Crippen LogP) is 5.08. The van der Waals surface area contributed by atoms with Gasteiger partial charge in [0.15, 0.2) is 6.61 Å². The first-order valence-corrected chi connectivity index (χ1v) is 11.6. The molecule has 2 aromatic rings. The monoisotopic (exact) mass is 456 g/mol. The summed E-state index contributed by atoms with van der Waals surface area (Å²) in [4.78, 5) is 27.6. The van der Waals surface area contributed by atoms with Crippen molar-refractivity contribution in [3.8, 4) is 5.75 Å². The van der Waals surface area contributed by atoms with Gasteiger partial charge in [-0.1, -0.05) is 65.8 Å². The molecule has 2 rings (SSSR count). The molecule has 0 heterocycles. The molecule has 1 N–H and O–H groups in total. The lowest BCUT2D eigenvalue weighted by molar-refractivity contribution is -0.143. The highest BCUT2D eigenvalue weighted by Gasteiger charge is 2.29. The second-order valence-electron chi connectivity index (χ2n) is 9.77. The number of carbonyl (C=O) groups excluding carboxylic acids is 2. The minimum Gasteiger partial charge on any atom is -0.484 e. The Hall–Kier alpha value is -2.89. The van der Waals surface area contributed by atoms with Crippen LogP contribution in [0.2, 0.25) is 0 Å². The Balaban J connectivity index is 2.17. The number of halogens is 1. The highest BCUT2D eigenvalue weighted by Crippen LogP contribution is 2.24. The molecular formula is C27H37FN2O3. The Bertz CT molecular complexity index is 902. The molecule has 0 spiro atoms. The molecule has 1 unspecified atom stereocenters. The molecule has 0 saturated heterocycles. The summed E-state index contributed by atoms with van der Waals surface area (Å²) in [7, 11) is 0. The number of hydrogen-bond acceptors (Lipinski definition) is 3. The molecule has 5 nitrogen and oxygen atoms in total. The number of nitrogens with zero attached hydrogens (tertiary/aromatic N) is 1. The van der Waals surface area contributed by atoms with Crippen LogP contribution in [-0.4, -0.2) is 35.9 Å². The van der Waals surface area contributed by atoms with Crippen molar-refractivity contribution in [1.82, 2.24) is 10.2 Å². The lowest BCUT2D eigenvalue weighted by atomic mass is 9.87. The smallest absolute Gasteiger partial charge is 0.261 e. The van der Waals surface area contributed by atoms with Crippen LogP contribution < -0.4 is 10.1 Å². The van der Waals surface area contributed by atoms with E-state index in [4.69, 9.17) is 4.74 Å². The molecule has 0 bridgehead atoms. The molecule has 2 amide bonds. The first kappa shape index (κ1) is 26.4. The van der Waals surface area contributed by atoms with Gasteiger partial charge < -0.3 is 15.0 Å². The molecule has 33 heavy (non-hydrogen) atoms. The number of benzene rings is 2. The third kappa shape index (κ3) is 8.19. The van der Waals surface area contributed by atoms with Crippen molar-refractivity contribution in [2.75, 3.05) is 13.2 Å². The number of amides is 2. The van der Waals surface area contributed by atoms with Crippen molar-refractivity contribution >= 4 is 11.8 Å². The summed E-state index contributed by atoms with van der Waals surface area (Å²) >= 11 is 0. The van der Waals surface area contributed by atoms with Crippen LogP contribution in [0.3, 0.4) is 0 Å². The Morgan fingerprint density at radius 2 is 1.64 bits per heavy atom. The fourth-order valence-corrected chi connectivity index (χ4v) is 3.41. The van der Waals surface area contributed by atoms with Gasteiger partial charge in [0.05, 0.1) is 0 Å². The summed E-state index contributed by atoms with van der Waals surface area (Å²) in [5, 5.41) is 2.92. The Kier molecular flexibility index (Phi) is 9.44. The normalized spacial score (nSPS) is 12.4. The highest BCUT2D eigenvalue weighted by molar-refractivity contribution is 5.88. The van der Waals surface area contributed by atoms with E-state index in [1.54, 1.807) is 12.1 Å². The van der Waals surface area contributed by atoms with Gasteiger partial charge in [-0.3, -0.25) is 9.59 Å². The molecule has 2 aromatic carbocycles. The highest BCUT2D eigenvalue weighted by atomic mass is 19.1. The van der Waals surface area contributed by atoms with Crippen LogP contribution >= 0.6 is 0 Å². The van der Waals surface area contributed by atoms with Crippen LogP contribution in [0.25, 0.3) is 0 Å². The molecule has 180 valence electrons. The average Bonchev–Trinajstić information content (AvgIpc) is 2.76. The quantitative estimate of drug-likeness (QED) is 0.542. The summed E-state index contributed by atoms with van der Waals surface area (Å²) in [5.74, 6) is 0.0462. The van der Waals surface area contributed by atoms with Crippen molar-refractivity contribution in [3.05, 3.63) is 65.5 Å². The fraction of sp³-hybridized carbons (Fsp3) is 0.481. The second-order valence-corrected chi connectivity index (χ2v) is 9.77. The zero-order valence-corrected chi connectivity index (χ0v) is 20.7. The van der Waals surface area contributed by atoms with Gasteiger partial charge in [-0.15, -0.1) is 0 Å². The number of nitrogens with one attached hydrogen (secondary N) is 1. The van der Waals surface area contributed by atoms with E-state index in [9.17, 15) is 14.0 Å². The Morgan fingerprint density at radius 3 is 2.15 bits per heavy atom. The summed E-state index contributed by atoms with van der Waals surface area (Å²) in [5.41, 5.74) is 1.94. The van der Waals surface area contributed by atoms with Gasteiger partial charge in [0.2, 0.25) is 5.91 Å². The number of rotatable bonds is 10. The van der Waals surface area contributed by atoms with Crippen LogP contribution in [0.4, 0.5) is 4.39 Å². The Morgan fingerprint density at radius 1 is 1.03 bits per heavy atom. The Labute approximate surface area is 197 Å². The van der Waals surface area contributed by atoms with Gasteiger partial charge in [-0.2, -0.15) is 0 Å². The predicted molar refractivity (Wildman–Crippen MR) is 130 cm³/mol. The number of ether oxygens (including phenoxy) is 1. The maximum absolute atomic E-state index is 13.4. The van der Waals surface area contributed by atoms with Gasteiger partial charge in [0.1, 0.15) is 17.6 Å². The van der Waals surface area contributed by atoms with E-state index in [-0.39, 0.29) is 36.2 Å². The topological polar surface area (TPSA) is 58.6 Å². The lowest BCUT2D eigenvalue weighted by Crippen LogP contribution is -2.50. The zero-order chi connectivity index (χ0) is 24.6. The van der Waals surface area contributed by atoms with Crippen LogP contribution in [-0.2, 0) is 21.5 Å². The second kappa shape index (κ2) is 11.8. The van der Waals surface area contributed by atoms with E-state index >= 15 is 0 Å². The summed E-state index contributed by atoms with van der Waals surface area (Å²) in [6.07, 6.45) is 0.455. The average molecular weight is 457 g/mol. The molecule has 0 aliphatic rings. The fourth-order valence-electron chi connectivity index (χ4n) is 3.41. The maximum atomic E-state index is 13.4. The molecule has 6 heteroatoms. The third-order valence-electron chi connectivity index (χ3n) is 5.42. The molecule has 0 aliphatic heterocycles.